The number of nitrogens with one attached hydrogen (secondary N) is 2. The molecule has 6 nitrogen and oxygen atoms in total. The molecule has 2 aromatic carbocycles. The van der Waals surface area contributed by atoms with E-state index in [0.717, 1.165) is 32.6 Å². The predicted molar refractivity (Wildman–Crippen MR) is 107 cm³/mol. The van der Waals surface area contributed by atoms with Crippen molar-refractivity contribution in [2.45, 2.75) is 18.7 Å². The molecular formula is C19H18BrFN2O4S. The molecule has 0 aliphatic carbocycles. The molecule has 0 heterocycles. The van der Waals surface area contributed by atoms with Crippen molar-refractivity contribution >= 4 is 45.5 Å². The summed E-state index contributed by atoms with van der Waals surface area (Å²) in [6.07, 6.45) is 0. The Morgan fingerprint density at radius 3 is 2.43 bits per heavy atom. The van der Waals surface area contributed by atoms with Crippen LogP contribution < -0.4 is 10.9 Å². The molecular weight excluding hydrogens is 451 g/mol. The van der Waals surface area contributed by atoms with Crippen molar-refractivity contribution in [2.75, 3.05) is 12.4 Å². The van der Waals surface area contributed by atoms with E-state index >= 15 is 0 Å². The number of benzene rings is 2. The van der Waals surface area contributed by atoms with E-state index in [1.807, 2.05) is 26.0 Å². The van der Waals surface area contributed by atoms with Gasteiger partial charge in [-0.1, -0.05) is 15.9 Å². The van der Waals surface area contributed by atoms with Crippen LogP contribution in [0.25, 0.3) is 0 Å². The molecule has 0 atom stereocenters. The van der Waals surface area contributed by atoms with Gasteiger partial charge in [0.1, 0.15) is 5.82 Å². The maximum Gasteiger partial charge on any atom is 0.316 e. The van der Waals surface area contributed by atoms with Gasteiger partial charge in [-0.2, -0.15) is 0 Å². The molecule has 28 heavy (non-hydrogen) atoms. The molecule has 0 aliphatic heterocycles. The fourth-order valence-corrected chi connectivity index (χ4v) is 3.43. The van der Waals surface area contributed by atoms with Crippen molar-refractivity contribution in [1.29, 1.82) is 0 Å². The first-order valence-corrected chi connectivity index (χ1v) is 9.94. The fraction of sp³-hybridized carbons (Fsp3) is 0.211. The fourth-order valence-electron chi connectivity index (χ4n) is 2.07. The van der Waals surface area contributed by atoms with Crippen LogP contribution in [0, 0.1) is 19.7 Å². The summed E-state index contributed by atoms with van der Waals surface area (Å²) in [7, 11) is 0. The van der Waals surface area contributed by atoms with E-state index in [9.17, 15) is 18.8 Å². The molecule has 0 saturated heterocycles. The van der Waals surface area contributed by atoms with Crippen LogP contribution in [0.4, 0.5) is 4.39 Å². The topological polar surface area (TPSA) is 84.5 Å². The first kappa shape index (κ1) is 21.9. The van der Waals surface area contributed by atoms with Gasteiger partial charge in [0.2, 0.25) is 0 Å². The summed E-state index contributed by atoms with van der Waals surface area (Å²) in [5.74, 6) is -2.28. The average Bonchev–Trinajstić information content (AvgIpc) is 2.66. The number of esters is 1. The molecule has 0 aromatic heterocycles. The molecule has 9 heteroatoms. The average molecular weight is 469 g/mol. The second kappa shape index (κ2) is 10.2. The van der Waals surface area contributed by atoms with Crippen LogP contribution in [0.1, 0.15) is 21.5 Å². The number of halogens is 2. The van der Waals surface area contributed by atoms with Crippen molar-refractivity contribution in [3.05, 3.63) is 63.4 Å². The zero-order valence-electron chi connectivity index (χ0n) is 15.2. The Morgan fingerprint density at radius 1 is 1.07 bits per heavy atom. The Morgan fingerprint density at radius 2 is 1.75 bits per heavy atom. The minimum Gasteiger partial charge on any atom is -0.455 e. The molecule has 0 bridgehead atoms. The largest absolute Gasteiger partial charge is 0.455 e. The summed E-state index contributed by atoms with van der Waals surface area (Å²) in [5.41, 5.74) is 6.54. The summed E-state index contributed by atoms with van der Waals surface area (Å²) >= 11 is 4.77. The number of rotatable bonds is 6. The van der Waals surface area contributed by atoms with Crippen LogP contribution in [-0.4, -0.2) is 30.1 Å². The molecule has 2 aromatic rings. The van der Waals surface area contributed by atoms with Gasteiger partial charge >= 0.3 is 5.97 Å². The van der Waals surface area contributed by atoms with E-state index in [-0.39, 0.29) is 11.3 Å². The SMILES string of the molecule is Cc1cc(SCC(=O)OCC(=O)NNC(=O)c2ccc(F)cc2)c(C)cc1Br. The summed E-state index contributed by atoms with van der Waals surface area (Å²) in [5, 5.41) is 0. The Balaban J connectivity index is 1.72. The van der Waals surface area contributed by atoms with Gasteiger partial charge in [-0.15, -0.1) is 11.8 Å². The van der Waals surface area contributed by atoms with Crippen LogP contribution in [0.3, 0.4) is 0 Å². The van der Waals surface area contributed by atoms with Gasteiger partial charge in [0, 0.05) is 14.9 Å². The Hall–Kier alpha value is -2.39. The van der Waals surface area contributed by atoms with Crippen molar-refractivity contribution in [3.8, 4) is 0 Å². The molecule has 2 rings (SSSR count). The highest BCUT2D eigenvalue weighted by molar-refractivity contribution is 9.10. The van der Waals surface area contributed by atoms with Crippen LogP contribution in [0.2, 0.25) is 0 Å². The smallest absolute Gasteiger partial charge is 0.316 e. The van der Waals surface area contributed by atoms with E-state index in [4.69, 9.17) is 4.74 Å². The zero-order valence-corrected chi connectivity index (χ0v) is 17.6. The quantitative estimate of drug-likeness (QED) is 0.386. The molecule has 0 fully saturated rings. The number of aryl methyl sites for hydroxylation is 2. The Bertz CT molecular complexity index is 890. The molecule has 0 saturated carbocycles. The van der Waals surface area contributed by atoms with Crippen molar-refractivity contribution < 1.29 is 23.5 Å². The third-order valence-electron chi connectivity index (χ3n) is 3.59. The van der Waals surface area contributed by atoms with Gasteiger partial charge in [-0.3, -0.25) is 25.2 Å². The first-order valence-electron chi connectivity index (χ1n) is 8.16. The summed E-state index contributed by atoms with van der Waals surface area (Å²) in [4.78, 5) is 36.2. The second-order valence-corrected chi connectivity index (χ2v) is 7.70. The lowest BCUT2D eigenvalue weighted by Gasteiger charge is -2.10. The summed E-state index contributed by atoms with van der Waals surface area (Å²) in [6, 6.07) is 8.75. The number of hydrogen-bond acceptors (Lipinski definition) is 5. The number of thioether (sulfide) groups is 1. The van der Waals surface area contributed by atoms with Crippen molar-refractivity contribution in [1.82, 2.24) is 10.9 Å². The van der Waals surface area contributed by atoms with Gasteiger partial charge in [-0.05, 0) is 61.4 Å². The minimum absolute atomic E-state index is 0.0527. The third kappa shape index (κ3) is 6.65. The van der Waals surface area contributed by atoms with Crippen LogP contribution >= 0.6 is 27.7 Å². The number of carbonyl (C=O) groups is 3. The predicted octanol–water partition coefficient (Wildman–Crippen LogP) is 3.30. The number of hydrazine groups is 1. The number of ether oxygens (including phenoxy) is 1. The second-order valence-electron chi connectivity index (χ2n) is 5.83. The van der Waals surface area contributed by atoms with Gasteiger partial charge in [0.25, 0.3) is 11.8 Å². The van der Waals surface area contributed by atoms with Crippen LogP contribution in [-0.2, 0) is 14.3 Å². The molecule has 0 unspecified atom stereocenters. The highest BCUT2D eigenvalue weighted by Crippen LogP contribution is 2.28. The molecule has 0 radical (unpaired) electrons. The van der Waals surface area contributed by atoms with E-state index in [1.165, 1.54) is 23.9 Å². The maximum absolute atomic E-state index is 12.8. The highest BCUT2D eigenvalue weighted by Gasteiger charge is 2.12. The molecule has 2 N–H and O–H groups in total. The number of amides is 2. The molecule has 2 amide bonds. The van der Waals surface area contributed by atoms with Gasteiger partial charge in [0.05, 0.1) is 5.75 Å². The Labute approximate surface area is 174 Å². The monoisotopic (exact) mass is 468 g/mol. The van der Waals surface area contributed by atoms with E-state index in [1.54, 1.807) is 0 Å². The first-order chi connectivity index (χ1) is 13.3. The number of hydrogen-bond donors (Lipinski definition) is 2. The number of carbonyl (C=O) groups excluding carboxylic acids is 3. The van der Waals surface area contributed by atoms with Gasteiger partial charge in [-0.25, -0.2) is 4.39 Å². The van der Waals surface area contributed by atoms with Crippen molar-refractivity contribution in [3.63, 3.8) is 0 Å². The lowest BCUT2D eigenvalue weighted by Crippen LogP contribution is -2.43. The van der Waals surface area contributed by atoms with Crippen LogP contribution in [0.15, 0.2) is 45.8 Å². The maximum atomic E-state index is 12.8. The minimum atomic E-state index is -0.690. The van der Waals surface area contributed by atoms with Gasteiger partial charge < -0.3 is 4.74 Å². The van der Waals surface area contributed by atoms with E-state index in [0.29, 0.717) is 0 Å². The van der Waals surface area contributed by atoms with Crippen molar-refractivity contribution in [2.24, 2.45) is 0 Å². The third-order valence-corrected chi connectivity index (χ3v) is 5.57. The lowest BCUT2D eigenvalue weighted by molar-refractivity contribution is -0.146. The normalized spacial score (nSPS) is 10.3. The zero-order chi connectivity index (χ0) is 20.7. The molecule has 148 valence electrons. The van der Waals surface area contributed by atoms with Crippen LogP contribution in [0.5, 0.6) is 0 Å². The Kier molecular flexibility index (Phi) is 8.01. The molecule has 0 aliphatic rings. The molecule has 0 spiro atoms. The highest BCUT2D eigenvalue weighted by atomic mass is 79.9. The standard InChI is InChI=1S/C19H18BrFN2O4S/c1-11-8-16(12(2)7-15(11)20)28-10-18(25)27-9-17(24)22-23-19(26)13-3-5-14(21)6-4-13/h3-8H,9-10H2,1-2H3,(H,22,24)(H,23,26). The van der Waals surface area contributed by atoms with Gasteiger partial charge in [0.15, 0.2) is 6.61 Å². The van der Waals surface area contributed by atoms with E-state index in [2.05, 4.69) is 26.8 Å². The van der Waals surface area contributed by atoms with E-state index < -0.39 is 30.2 Å². The summed E-state index contributed by atoms with van der Waals surface area (Å²) in [6.45, 7) is 3.37. The summed E-state index contributed by atoms with van der Waals surface area (Å²) < 4.78 is 18.7. The lowest BCUT2D eigenvalue weighted by atomic mass is 10.2.